The number of ether oxygens (including phenoxy) is 1. The van der Waals surface area contributed by atoms with Gasteiger partial charge in [0.1, 0.15) is 5.75 Å². The number of nitrogens with two attached hydrogens (primary N) is 1. The minimum Gasteiger partial charge on any atom is -0.493 e. The van der Waals surface area contributed by atoms with E-state index in [4.69, 9.17) is 22.1 Å². The summed E-state index contributed by atoms with van der Waals surface area (Å²) in [4.78, 5) is 0. The van der Waals surface area contributed by atoms with E-state index >= 15 is 0 Å². The zero-order valence-electron chi connectivity index (χ0n) is 10.0. The fraction of sp³-hybridized carbons (Fsp3) is 0.538. The van der Waals surface area contributed by atoms with Crippen LogP contribution in [0, 0.1) is 0 Å². The second kappa shape index (κ2) is 6.77. The van der Waals surface area contributed by atoms with Crippen LogP contribution in [0.1, 0.15) is 32.3 Å². The normalized spacial score (nSPS) is 12.5. The van der Waals surface area contributed by atoms with Crippen molar-refractivity contribution < 1.29 is 4.74 Å². The van der Waals surface area contributed by atoms with Crippen molar-refractivity contribution in [1.82, 2.24) is 0 Å². The van der Waals surface area contributed by atoms with E-state index in [1.54, 1.807) is 0 Å². The molecular weight excluding hydrogens is 222 g/mol. The van der Waals surface area contributed by atoms with Crippen LogP contribution in [0.5, 0.6) is 5.75 Å². The molecule has 1 aromatic carbocycles. The summed E-state index contributed by atoms with van der Waals surface area (Å²) in [5.41, 5.74) is 6.91. The number of halogens is 1. The fourth-order valence-corrected chi connectivity index (χ4v) is 1.67. The number of hydrogen-bond acceptors (Lipinski definition) is 2. The van der Waals surface area contributed by atoms with Crippen LogP contribution >= 0.6 is 11.6 Å². The Labute approximate surface area is 103 Å². The van der Waals surface area contributed by atoms with Crippen LogP contribution < -0.4 is 10.5 Å². The lowest BCUT2D eigenvalue weighted by atomic mass is 10.1. The predicted octanol–water partition coefficient (Wildman–Crippen LogP) is 3.41. The SMILES string of the molecule is CCCOc1ccc(Cl)cc1CCC(C)N. The van der Waals surface area contributed by atoms with E-state index in [0.717, 1.165) is 42.2 Å². The van der Waals surface area contributed by atoms with Crippen LogP contribution in [0.3, 0.4) is 0 Å². The van der Waals surface area contributed by atoms with Gasteiger partial charge in [-0.25, -0.2) is 0 Å². The van der Waals surface area contributed by atoms with Crippen LogP contribution in [0.25, 0.3) is 0 Å². The van der Waals surface area contributed by atoms with Crippen LogP contribution in [0.2, 0.25) is 5.02 Å². The van der Waals surface area contributed by atoms with Crippen molar-refractivity contribution in [2.45, 2.75) is 39.2 Å². The van der Waals surface area contributed by atoms with Gasteiger partial charge in [0.25, 0.3) is 0 Å². The number of hydrogen-bond donors (Lipinski definition) is 1. The first-order valence-electron chi connectivity index (χ1n) is 5.80. The zero-order valence-corrected chi connectivity index (χ0v) is 10.8. The van der Waals surface area contributed by atoms with Crippen LogP contribution in [-0.4, -0.2) is 12.6 Å². The second-order valence-corrected chi connectivity index (χ2v) is 4.55. The maximum Gasteiger partial charge on any atom is 0.122 e. The molecule has 2 nitrogen and oxygen atoms in total. The Balaban J connectivity index is 2.72. The van der Waals surface area contributed by atoms with Gasteiger partial charge in [0.15, 0.2) is 0 Å². The average molecular weight is 242 g/mol. The molecule has 0 fully saturated rings. The first kappa shape index (κ1) is 13.3. The molecule has 1 unspecified atom stereocenters. The number of rotatable bonds is 6. The molecule has 0 spiro atoms. The molecule has 0 aliphatic heterocycles. The van der Waals surface area contributed by atoms with Gasteiger partial charge in [-0.15, -0.1) is 0 Å². The summed E-state index contributed by atoms with van der Waals surface area (Å²) in [6, 6.07) is 5.98. The molecule has 0 saturated heterocycles. The van der Waals surface area contributed by atoms with Crippen molar-refractivity contribution in [3.63, 3.8) is 0 Å². The van der Waals surface area contributed by atoms with Gasteiger partial charge in [-0.2, -0.15) is 0 Å². The van der Waals surface area contributed by atoms with Gasteiger partial charge in [0.05, 0.1) is 6.61 Å². The molecule has 0 heterocycles. The molecular formula is C13H20ClNO. The molecule has 0 amide bonds. The largest absolute Gasteiger partial charge is 0.493 e. The lowest BCUT2D eigenvalue weighted by molar-refractivity contribution is 0.313. The zero-order chi connectivity index (χ0) is 12.0. The maximum absolute atomic E-state index is 5.98. The molecule has 0 saturated carbocycles. The molecule has 16 heavy (non-hydrogen) atoms. The van der Waals surface area contributed by atoms with Gasteiger partial charge in [-0.3, -0.25) is 0 Å². The Bertz CT molecular complexity index is 326. The summed E-state index contributed by atoms with van der Waals surface area (Å²) in [6.07, 6.45) is 2.87. The number of benzene rings is 1. The molecule has 0 aromatic heterocycles. The van der Waals surface area contributed by atoms with E-state index in [-0.39, 0.29) is 6.04 Å². The van der Waals surface area contributed by atoms with Crippen molar-refractivity contribution in [1.29, 1.82) is 0 Å². The molecule has 90 valence electrons. The predicted molar refractivity (Wildman–Crippen MR) is 69.2 cm³/mol. The summed E-state index contributed by atoms with van der Waals surface area (Å²) in [5.74, 6) is 0.937. The summed E-state index contributed by atoms with van der Waals surface area (Å²) in [6.45, 7) is 4.85. The van der Waals surface area contributed by atoms with E-state index in [1.165, 1.54) is 0 Å². The Morgan fingerprint density at radius 2 is 2.19 bits per heavy atom. The summed E-state index contributed by atoms with van der Waals surface area (Å²) in [7, 11) is 0. The molecule has 1 aromatic rings. The highest BCUT2D eigenvalue weighted by Gasteiger charge is 2.06. The monoisotopic (exact) mass is 241 g/mol. The number of aryl methyl sites for hydroxylation is 1. The highest BCUT2D eigenvalue weighted by Crippen LogP contribution is 2.24. The van der Waals surface area contributed by atoms with E-state index in [2.05, 4.69) is 6.92 Å². The van der Waals surface area contributed by atoms with Gasteiger partial charge < -0.3 is 10.5 Å². The van der Waals surface area contributed by atoms with Crippen molar-refractivity contribution in [3.8, 4) is 5.75 Å². The topological polar surface area (TPSA) is 35.2 Å². The molecule has 0 bridgehead atoms. The molecule has 0 radical (unpaired) electrons. The van der Waals surface area contributed by atoms with Gasteiger partial charge in [0.2, 0.25) is 0 Å². The van der Waals surface area contributed by atoms with Crippen LogP contribution in [0.4, 0.5) is 0 Å². The van der Waals surface area contributed by atoms with Crippen LogP contribution in [-0.2, 0) is 6.42 Å². The van der Waals surface area contributed by atoms with Crippen molar-refractivity contribution in [3.05, 3.63) is 28.8 Å². The van der Waals surface area contributed by atoms with Gasteiger partial charge in [0, 0.05) is 11.1 Å². The first-order valence-corrected chi connectivity index (χ1v) is 6.18. The Morgan fingerprint density at radius 3 is 2.81 bits per heavy atom. The van der Waals surface area contributed by atoms with E-state index in [1.807, 2.05) is 25.1 Å². The third-order valence-corrected chi connectivity index (χ3v) is 2.59. The van der Waals surface area contributed by atoms with Crippen LogP contribution in [0.15, 0.2) is 18.2 Å². The molecule has 1 rings (SSSR count). The molecule has 0 aliphatic rings. The van der Waals surface area contributed by atoms with Crippen molar-refractivity contribution >= 4 is 11.6 Å². The Kier molecular flexibility index (Phi) is 5.64. The maximum atomic E-state index is 5.98. The fourth-order valence-electron chi connectivity index (χ4n) is 1.48. The second-order valence-electron chi connectivity index (χ2n) is 4.12. The smallest absolute Gasteiger partial charge is 0.122 e. The quantitative estimate of drug-likeness (QED) is 0.829. The minimum absolute atomic E-state index is 0.206. The van der Waals surface area contributed by atoms with E-state index in [9.17, 15) is 0 Å². The Hall–Kier alpha value is -0.730. The molecule has 2 N–H and O–H groups in total. The molecule has 3 heteroatoms. The van der Waals surface area contributed by atoms with E-state index in [0.29, 0.717) is 0 Å². The van der Waals surface area contributed by atoms with Gasteiger partial charge in [-0.1, -0.05) is 18.5 Å². The summed E-state index contributed by atoms with van der Waals surface area (Å²) >= 11 is 5.98. The lowest BCUT2D eigenvalue weighted by Gasteiger charge is -2.12. The highest BCUT2D eigenvalue weighted by molar-refractivity contribution is 6.30. The van der Waals surface area contributed by atoms with Crippen molar-refractivity contribution in [2.75, 3.05) is 6.61 Å². The average Bonchev–Trinajstić information content (AvgIpc) is 2.25. The minimum atomic E-state index is 0.206. The van der Waals surface area contributed by atoms with E-state index < -0.39 is 0 Å². The summed E-state index contributed by atoms with van der Waals surface area (Å²) in [5, 5.41) is 0.753. The molecule has 0 aliphatic carbocycles. The summed E-state index contributed by atoms with van der Waals surface area (Å²) < 4.78 is 5.67. The van der Waals surface area contributed by atoms with Gasteiger partial charge >= 0.3 is 0 Å². The lowest BCUT2D eigenvalue weighted by Crippen LogP contribution is -2.15. The highest BCUT2D eigenvalue weighted by atomic mass is 35.5. The third-order valence-electron chi connectivity index (χ3n) is 2.35. The van der Waals surface area contributed by atoms with Crippen molar-refractivity contribution in [2.24, 2.45) is 5.73 Å². The standard InChI is InChI=1S/C13H20ClNO/c1-3-8-16-13-7-6-12(14)9-11(13)5-4-10(2)15/h6-7,9-10H,3-5,8,15H2,1-2H3. The first-order chi connectivity index (χ1) is 7.63. The third kappa shape index (κ3) is 4.42. The molecule has 1 atom stereocenters. The Morgan fingerprint density at radius 1 is 1.44 bits per heavy atom. The van der Waals surface area contributed by atoms with Gasteiger partial charge in [-0.05, 0) is 49.9 Å².